The first kappa shape index (κ1) is 30.3. The van der Waals surface area contributed by atoms with Gasteiger partial charge in [-0.15, -0.1) is 0 Å². The van der Waals surface area contributed by atoms with Gasteiger partial charge in [-0.05, 0) is 50.1 Å². The average molecular weight is 504 g/mol. The molecule has 0 saturated heterocycles. The van der Waals surface area contributed by atoms with Crippen molar-refractivity contribution in [2.75, 3.05) is 40.8 Å². The molecule has 7 nitrogen and oxygen atoms in total. The van der Waals surface area contributed by atoms with E-state index in [1.165, 1.54) is 18.4 Å². The molecule has 7 heteroatoms. The number of aromatic amines is 1. The van der Waals surface area contributed by atoms with Gasteiger partial charge in [0.15, 0.2) is 0 Å². The van der Waals surface area contributed by atoms with E-state index in [2.05, 4.69) is 70.6 Å². The Kier molecular flexibility index (Phi) is 11.0. The van der Waals surface area contributed by atoms with E-state index in [0.717, 1.165) is 44.7 Å². The summed E-state index contributed by atoms with van der Waals surface area (Å²) < 4.78 is 0. The van der Waals surface area contributed by atoms with Crippen molar-refractivity contribution < 1.29 is 9.59 Å². The Morgan fingerprint density at radius 1 is 1.00 bits per heavy atom. The number of H-pyrrole nitrogens is 1. The number of nitrogens with zero attached hydrogens (tertiary/aromatic N) is 4. The van der Waals surface area contributed by atoms with Crippen LogP contribution < -0.4 is 0 Å². The molecule has 0 spiro atoms. The lowest BCUT2D eigenvalue weighted by Crippen LogP contribution is -2.53. The third kappa shape index (κ3) is 7.56. The van der Waals surface area contributed by atoms with Crippen LogP contribution in [-0.2, 0) is 16.1 Å². The summed E-state index contributed by atoms with van der Waals surface area (Å²) in [5.41, 5.74) is 1.85. The summed E-state index contributed by atoms with van der Waals surface area (Å²) in [4.78, 5) is 33.8. The molecule has 2 rings (SSSR count). The summed E-state index contributed by atoms with van der Waals surface area (Å²) in [5, 5.41) is 7.69. The lowest BCUT2D eigenvalue weighted by Gasteiger charge is -2.48. The number of nitrogens with one attached hydrogen (secondary N) is 1. The van der Waals surface area contributed by atoms with Crippen LogP contribution in [0.5, 0.6) is 0 Å². The van der Waals surface area contributed by atoms with Gasteiger partial charge >= 0.3 is 0 Å². The lowest BCUT2D eigenvalue weighted by atomic mass is 9.57. The number of carbonyl (C=O) groups excluding carboxylic acids is 2. The first-order valence-electron chi connectivity index (χ1n) is 14.0. The van der Waals surface area contributed by atoms with Crippen molar-refractivity contribution in [2.45, 2.75) is 86.6 Å². The van der Waals surface area contributed by atoms with Gasteiger partial charge in [0.25, 0.3) is 0 Å². The molecule has 1 N–H and O–H groups in total. The van der Waals surface area contributed by atoms with E-state index in [0.29, 0.717) is 11.8 Å². The predicted octanol–water partition coefficient (Wildman–Crippen LogP) is 5.01. The molecule has 1 heterocycles. The van der Waals surface area contributed by atoms with Gasteiger partial charge in [-0.3, -0.25) is 14.7 Å². The summed E-state index contributed by atoms with van der Waals surface area (Å²) in [5.74, 6) is 0.749. The maximum Gasteiger partial charge on any atom is 0.226 e. The number of unbranched alkanes of at least 4 members (excludes halogenated alkanes) is 1. The van der Waals surface area contributed by atoms with Crippen LogP contribution in [0.1, 0.15) is 91.3 Å². The Balaban J connectivity index is 2.41. The molecule has 1 unspecified atom stereocenters. The van der Waals surface area contributed by atoms with Crippen LogP contribution in [0.4, 0.5) is 0 Å². The standard InChI is InChI=1S/C29H53N5O2/c1-11-12-13-32(8)19-23-16-30-31-26(23)22-14-24(27(35)33(9)17-20(2)3)29(6,7)25(15-22)28(36)34(10)18-21(4)5/h16,20-22,24-25H,11-15,17-19H2,1-10H3,(H,30,31)/t22?,24-,25+. The topological polar surface area (TPSA) is 72.5 Å². The number of carbonyl (C=O) groups is 2. The van der Waals surface area contributed by atoms with E-state index < -0.39 is 5.41 Å². The molecule has 1 aliphatic rings. The monoisotopic (exact) mass is 503 g/mol. The van der Waals surface area contributed by atoms with Crippen molar-refractivity contribution in [2.24, 2.45) is 29.1 Å². The average Bonchev–Trinajstić information content (AvgIpc) is 3.23. The second-order valence-corrected chi connectivity index (χ2v) is 12.7. The van der Waals surface area contributed by atoms with E-state index in [-0.39, 0.29) is 29.6 Å². The lowest BCUT2D eigenvalue weighted by molar-refractivity contribution is -0.151. The largest absolute Gasteiger partial charge is 0.345 e. The fraction of sp³-hybridized carbons (Fsp3) is 0.828. The van der Waals surface area contributed by atoms with Gasteiger partial charge in [-0.25, -0.2) is 0 Å². The summed E-state index contributed by atoms with van der Waals surface area (Å²) in [6.07, 6.45) is 5.74. The fourth-order valence-corrected chi connectivity index (χ4v) is 6.00. The van der Waals surface area contributed by atoms with Gasteiger partial charge in [-0.2, -0.15) is 5.10 Å². The molecule has 3 atom stereocenters. The van der Waals surface area contributed by atoms with Gasteiger partial charge in [0.2, 0.25) is 11.8 Å². The highest BCUT2D eigenvalue weighted by Gasteiger charge is 2.51. The maximum absolute atomic E-state index is 13.8. The summed E-state index contributed by atoms with van der Waals surface area (Å²) in [6.45, 7) is 18.3. The summed E-state index contributed by atoms with van der Waals surface area (Å²) >= 11 is 0. The highest BCUT2D eigenvalue weighted by atomic mass is 16.2. The molecule has 206 valence electrons. The zero-order valence-electron chi connectivity index (χ0n) is 24.7. The minimum Gasteiger partial charge on any atom is -0.345 e. The van der Waals surface area contributed by atoms with E-state index in [4.69, 9.17) is 0 Å². The molecule has 0 radical (unpaired) electrons. The van der Waals surface area contributed by atoms with Crippen LogP contribution in [0, 0.1) is 29.1 Å². The Bertz CT molecular complexity index is 806. The Morgan fingerprint density at radius 3 is 1.94 bits per heavy atom. The van der Waals surface area contributed by atoms with Crippen molar-refractivity contribution >= 4 is 11.8 Å². The zero-order valence-corrected chi connectivity index (χ0v) is 24.7. The van der Waals surface area contributed by atoms with Gasteiger partial charge < -0.3 is 14.7 Å². The summed E-state index contributed by atoms with van der Waals surface area (Å²) in [6, 6.07) is 0. The molecule has 2 amide bonds. The molecule has 1 aliphatic carbocycles. The first-order chi connectivity index (χ1) is 16.8. The first-order valence-corrected chi connectivity index (χ1v) is 14.0. The van der Waals surface area contributed by atoms with Gasteiger partial charge in [0.05, 0.1) is 6.20 Å². The van der Waals surface area contributed by atoms with Gasteiger partial charge in [0.1, 0.15) is 0 Å². The highest BCUT2D eigenvalue weighted by molar-refractivity contribution is 5.84. The third-order valence-electron chi connectivity index (χ3n) is 7.96. The number of hydrogen-bond acceptors (Lipinski definition) is 4. The molecule has 0 aromatic carbocycles. The molecule has 36 heavy (non-hydrogen) atoms. The molecule has 1 aromatic rings. The van der Waals surface area contributed by atoms with Crippen molar-refractivity contribution in [1.82, 2.24) is 24.9 Å². The molecule has 1 saturated carbocycles. The smallest absolute Gasteiger partial charge is 0.226 e. The maximum atomic E-state index is 13.8. The molecular formula is C29H53N5O2. The van der Waals surface area contributed by atoms with E-state index in [9.17, 15) is 9.59 Å². The number of amides is 2. The normalized spacial score (nSPS) is 21.9. The van der Waals surface area contributed by atoms with E-state index in [1.54, 1.807) is 0 Å². The van der Waals surface area contributed by atoms with Crippen molar-refractivity contribution in [3.05, 3.63) is 17.5 Å². The Morgan fingerprint density at radius 2 is 1.50 bits per heavy atom. The predicted molar refractivity (Wildman–Crippen MR) is 148 cm³/mol. The SMILES string of the molecule is CCCCN(C)Cc1cn[nH]c1C1C[C@H](C(=O)N(C)CC(C)C)C(C)(C)[C@H](C(=O)N(C)CC(C)C)C1. The third-order valence-corrected chi connectivity index (χ3v) is 7.96. The Labute approximate surface area is 220 Å². The van der Waals surface area contributed by atoms with Crippen LogP contribution in [0.15, 0.2) is 6.20 Å². The molecule has 1 aromatic heterocycles. The molecule has 0 aliphatic heterocycles. The van der Waals surface area contributed by atoms with Crippen LogP contribution in [0.3, 0.4) is 0 Å². The van der Waals surface area contributed by atoms with Gasteiger partial charge in [-0.1, -0.05) is 54.9 Å². The second kappa shape index (κ2) is 13.1. The number of hydrogen-bond donors (Lipinski definition) is 1. The fourth-order valence-electron chi connectivity index (χ4n) is 6.00. The van der Waals surface area contributed by atoms with Crippen LogP contribution in [0.2, 0.25) is 0 Å². The molecular weight excluding hydrogens is 450 g/mol. The quantitative estimate of drug-likeness (QED) is 0.435. The molecule has 0 bridgehead atoms. The molecule has 1 fully saturated rings. The van der Waals surface area contributed by atoms with Crippen molar-refractivity contribution in [1.29, 1.82) is 0 Å². The number of rotatable bonds is 12. The van der Waals surface area contributed by atoms with Crippen molar-refractivity contribution in [3.8, 4) is 0 Å². The number of aromatic nitrogens is 2. The van der Waals surface area contributed by atoms with Crippen molar-refractivity contribution in [3.63, 3.8) is 0 Å². The van der Waals surface area contributed by atoms with Crippen LogP contribution >= 0.6 is 0 Å². The summed E-state index contributed by atoms with van der Waals surface area (Å²) in [7, 11) is 5.97. The van der Waals surface area contributed by atoms with Crippen LogP contribution in [-0.4, -0.2) is 77.5 Å². The highest BCUT2D eigenvalue weighted by Crippen LogP contribution is 2.51. The second-order valence-electron chi connectivity index (χ2n) is 12.7. The van der Waals surface area contributed by atoms with Crippen LogP contribution in [0.25, 0.3) is 0 Å². The zero-order chi connectivity index (χ0) is 27.2. The van der Waals surface area contributed by atoms with E-state index in [1.807, 2.05) is 30.1 Å². The van der Waals surface area contributed by atoms with Gasteiger partial charge in [0, 0.05) is 62.7 Å². The minimum atomic E-state index is -0.431. The van der Waals surface area contributed by atoms with E-state index >= 15 is 0 Å². The Hall–Kier alpha value is -1.89. The minimum absolute atomic E-state index is 0.0953.